The van der Waals surface area contributed by atoms with Gasteiger partial charge in [-0.3, -0.25) is 4.79 Å². The van der Waals surface area contributed by atoms with Gasteiger partial charge >= 0.3 is 6.03 Å². The molecular formula is C24H37N5O3. The maximum Gasteiger partial charge on any atom is 0.319 e. The molecule has 3 amide bonds. The van der Waals surface area contributed by atoms with Crippen molar-refractivity contribution in [2.75, 3.05) is 39.6 Å². The molecule has 0 fully saturated rings. The van der Waals surface area contributed by atoms with E-state index < -0.39 is 0 Å². The molecule has 2 rings (SSSR count). The van der Waals surface area contributed by atoms with E-state index >= 15 is 0 Å². The Morgan fingerprint density at radius 3 is 2.28 bits per heavy atom. The quantitative estimate of drug-likeness (QED) is 0.665. The molecule has 0 aliphatic carbocycles. The van der Waals surface area contributed by atoms with Gasteiger partial charge in [0.25, 0.3) is 0 Å². The van der Waals surface area contributed by atoms with Crippen molar-refractivity contribution in [1.82, 2.24) is 19.6 Å². The molecule has 0 bridgehead atoms. The Hall–Kier alpha value is -3.03. The van der Waals surface area contributed by atoms with Gasteiger partial charge in [-0.1, -0.05) is 34.6 Å². The third kappa shape index (κ3) is 6.73. The normalized spacial score (nSPS) is 11.4. The highest BCUT2D eigenvalue weighted by Crippen LogP contribution is 2.27. The average Bonchev–Trinajstić information content (AvgIpc) is 3.14. The number of urea groups is 1. The smallest absolute Gasteiger partial charge is 0.319 e. The highest BCUT2D eigenvalue weighted by Gasteiger charge is 2.23. The molecule has 1 aromatic heterocycles. The van der Waals surface area contributed by atoms with Crippen LogP contribution in [0.4, 0.5) is 10.6 Å². The van der Waals surface area contributed by atoms with Crippen LogP contribution < -0.4 is 10.1 Å². The molecule has 8 nitrogen and oxygen atoms in total. The zero-order valence-corrected chi connectivity index (χ0v) is 20.6. The Bertz CT molecular complexity index is 911. The molecule has 8 heteroatoms. The van der Waals surface area contributed by atoms with Gasteiger partial charge in [-0.25, -0.2) is 9.48 Å². The number of nitrogens with zero attached hydrogens (tertiary/aromatic N) is 4. The number of hydrogen-bond acceptors (Lipinski definition) is 4. The van der Waals surface area contributed by atoms with Crippen LogP contribution in [0.3, 0.4) is 0 Å². The first-order valence-corrected chi connectivity index (χ1v) is 10.9. The SMILES string of the molecule is COc1ccc(-n2nc(C(C)(C)C)cc2NC(=O)CN(CCC(C)C)C(=O)N(C)C)cc1. The zero-order chi connectivity index (χ0) is 24.1. The average molecular weight is 444 g/mol. The van der Waals surface area contributed by atoms with Crippen molar-refractivity contribution in [1.29, 1.82) is 0 Å². The van der Waals surface area contributed by atoms with E-state index in [1.165, 1.54) is 4.90 Å². The van der Waals surface area contributed by atoms with Crippen molar-refractivity contribution >= 4 is 17.8 Å². The molecule has 0 saturated carbocycles. The summed E-state index contributed by atoms with van der Waals surface area (Å²) in [4.78, 5) is 28.6. The molecular weight excluding hydrogens is 406 g/mol. The largest absolute Gasteiger partial charge is 0.497 e. The van der Waals surface area contributed by atoms with Crippen LogP contribution in [0.25, 0.3) is 5.69 Å². The van der Waals surface area contributed by atoms with E-state index in [0.717, 1.165) is 23.6 Å². The predicted octanol–water partition coefficient (Wildman–Crippen LogP) is 4.15. The second kappa shape index (κ2) is 10.5. The number of nitrogens with one attached hydrogen (secondary N) is 1. The monoisotopic (exact) mass is 443 g/mol. The van der Waals surface area contributed by atoms with Gasteiger partial charge in [-0.05, 0) is 36.6 Å². The van der Waals surface area contributed by atoms with Gasteiger partial charge in [0.1, 0.15) is 18.1 Å². The summed E-state index contributed by atoms with van der Waals surface area (Å²) in [7, 11) is 5.00. The lowest BCUT2D eigenvalue weighted by atomic mass is 9.92. The predicted molar refractivity (Wildman–Crippen MR) is 128 cm³/mol. The van der Waals surface area contributed by atoms with Crippen molar-refractivity contribution in [3.8, 4) is 11.4 Å². The van der Waals surface area contributed by atoms with E-state index in [-0.39, 0.29) is 23.9 Å². The number of ether oxygens (including phenoxy) is 1. The molecule has 0 radical (unpaired) electrons. The molecule has 1 heterocycles. The van der Waals surface area contributed by atoms with Crippen molar-refractivity contribution in [3.05, 3.63) is 36.0 Å². The summed E-state index contributed by atoms with van der Waals surface area (Å²) in [6, 6.07) is 9.18. The van der Waals surface area contributed by atoms with Crippen LogP contribution in [-0.4, -0.2) is 65.8 Å². The van der Waals surface area contributed by atoms with Crippen molar-refractivity contribution < 1.29 is 14.3 Å². The van der Waals surface area contributed by atoms with Gasteiger partial charge in [-0.2, -0.15) is 5.10 Å². The fourth-order valence-electron chi connectivity index (χ4n) is 3.05. The molecule has 0 spiro atoms. The van der Waals surface area contributed by atoms with Crippen LogP contribution in [0, 0.1) is 5.92 Å². The van der Waals surface area contributed by atoms with Crippen molar-refractivity contribution in [2.24, 2.45) is 5.92 Å². The topological polar surface area (TPSA) is 79.7 Å². The number of aromatic nitrogens is 2. The number of hydrogen-bond donors (Lipinski definition) is 1. The number of rotatable bonds is 8. The van der Waals surface area contributed by atoms with Gasteiger partial charge in [-0.15, -0.1) is 0 Å². The molecule has 1 N–H and O–H groups in total. The lowest BCUT2D eigenvalue weighted by Crippen LogP contribution is -2.44. The van der Waals surface area contributed by atoms with Gasteiger partial charge in [0.15, 0.2) is 0 Å². The van der Waals surface area contributed by atoms with E-state index in [4.69, 9.17) is 9.84 Å². The summed E-state index contributed by atoms with van der Waals surface area (Å²) in [6.45, 7) is 10.9. The Morgan fingerprint density at radius 1 is 1.16 bits per heavy atom. The number of methoxy groups -OCH3 is 1. The fraction of sp³-hybridized carbons (Fsp3) is 0.542. The van der Waals surface area contributed by atoms with Crippen molar-refractivity contribution in [3.63, 3.8) is 0 Å². The van der Waals surface area contributed by atoms with Crippen LogP contribution in [0.2, 0.25) is 0 Å². The van der Waals surface area contributed by atoms with Crippen molar-refractivity contribution in [2.45, 2.75) is 46.5 Å². The van der Waals surface area contributed by atoms with E-state index in [2.05, 4.69) is 39.9 Å². The lowest BCUT2D eigenvalue weighted by Gasteiger charge is -2.26. The standard InChI is InChI=1S/C24H37N5O3/c1-17(2)13-14-28(23(31)27(6)7)16-22(30)25-21-15-20(24(3,4)5)26-29(21)18-9-11-19(32-8)12-10-18/h9-12,15,17H,13-14,16H2,1-8H3,(H,25,30). The first-order chi connectivity index (χ1) is 14.9. The Kier molecular flexibility index (Phi) is 8.30. The maximum absolute atomic E-state index is 13.0. The van der Waals surface area contributed by atoms with Gasteiger partial charge in [0, 0.05) is 32.1 Å². The number of benzene rings is 1. The van der Waals surface area contributed by atoms with E-state index in [0.29, 0.717) is 18.3 Å². The number of carbonyl (C=O) groups is 2. The minimum atomic E-state index is -0.265. The van der Waals surface area contributed by atoms with Crippen LogP contribution in [0.15, 0.2) is 30.3 Å². The summed E-state index contributed by atoms with van der Waals surface area (Å²) < 4.78 is 6.96. The molecule has 0 unspecified atom stereocenters. The highest BCUT2D eigenvalue weighted by atomic mass is 16.5. The molecule has 0 aliphatic heterocycles. The second-order valence-corrected chi connectivity index (χ2v) is 9.60. The Morgan fingerprint density at radius 2 is 1.78 bits per heavy atom. The van der Waals surface area contributed by atoms with E-state index in [9.17, 15) is 9.59 Å². The minimum Gasteiger partial charge on any atom is -0.497 e. The first-order valence-electron chi connectivity index (χ1n) is 10.9. The van der Waals surface area contributed by atoms with Crippen LogP contribution in [-0.2, 0) is 10.2 Å². The van der Waals surface area contributed by atoms with Gasteiger partial charge in [0.2, 0.25) is 5.91 Å². The summed E-state index contributed by atoms with van der Waals surface area (Å²) >= 11 is 0. The third-order valence-electron chi connectivity index (χ3n) is 5.03. The lowest BCUT2D eigenvalue weighted by molar-refractivity contribution is -0.116. The fourth-order valence-corrected chi connectivity index (χ4v) is 3.05. The molecule has 1 aromatic carbocycles. The summed E-state index contributed by atoms with van der Waals surface area (Å²) in [6.07, 6.45) is 0.824. The molecule has 32 heavy (non-hydrogen) atoms. The summed E-state index contributed by atoms with van der Waals surface area (Å²) in [5.41, 5.74) is 1.46. The van der Waals surface area contributed by atoms with Crippen LogP contribution in [0.1, 0.15) is 46.7 Å². The molecule has 176 valence electrons. The zero-order valence-electron chi connectivity index (χ0n) is 20.6. The number of carbonyl (C=O) groups excluding carboxylic acids is 2. The summed E-state index contributed by atoms with van der Waals surface area (Å²) in [5.74, 6) is 1.47. The molecule has 0 aliphatic rings. The summed E-state index contributed by atoms with van der Waals surface area (Å²) in [5, 5.41) is 7.69. The van der Waals surface area contributed by atoms with Gasteiger partial charge in [0.05, 0.1) is 18.5 Å². The van der Waals surface area contributed by atoms with Gasteiger partial charge < -0.3 is 19.9 Å². The van der Waals surface area contributed by atoms with Crippen LogP contribution in [0.5, 0.6) is 5.75 Å². The first kappa shape index (κ1) is 25.2. The minimum absolute atomic E-state index is 0.0254. The van der Waals surface area contributed by atoms with E-state index in [1.807, 2.05) is 30.3 Å². The van der Waals surface area contributed by atoms with E-state index in [1.54, 1.807) is 30.8 Å². The van der Waals surface area contributed by atoms with Crippen LogP contribution >= 0.6 is 0 Å². The number of anilines is 1. The molecule has 2 aromatic rings. The Labute approximate surface area is 191 Å². The third-order valence-corrected chi connectivity index (χ3v) is 5.03. The number of amides is 3. The molecule has 0 saturated heterocycles. The highest BCUT2D eigenvalue weighted by molar-refractivity contribution is 5.94. The molecule has 0 atom stereocenters. The Balaban J connectivity index is 2.29. The second-order valence-electron chi connectivity index (χ2n) is 9.60. The maximum atomic E-state index is 13.0.